The highest BCUT2D eigenvalue weighted by molar-refractivity contribution is 9.10. The van der Waals surface area contributed by atoms with E-state index in [1.807, 2.05) is 30.3 Å². The molecule has 1 atom stereocenters. The minimum Gasteiger partial charge on any atom is -0.507 e. The summed E-state index contributed by atoms with van der Waals surface area (Å²) in [5.41, 5.74) is 1.33. The van der Waals surface area contributed by atoms with Crippen molar-refractivity contribution in [3.8, 4) is 5.75 Å². The highest BCUT2D eigenvalue weighted by atomic mass is 79.9. The molecule has 5 heteroatoms. The minimum atomic E-state index is -0.276. The number of halogens is 2. The third-order valence-corrected chi connectivity index (χ3v) is 3.85. The number of benzene rings is 2. The van der Waals surface area contributed by atoms with Gasteiger partial charge in [-0.25, -0.2) is 0 Å². The standard InChI is InChI=1S/C15H13BrClNO2/c16-12-7-6-11(8-14(12)19)15(20)18-13(9-17)10-4-2-1-3-5-10/h1-8,13,19H,9H2,(H,18,20). The van der Waals surface area contributed by atoms with Gasteiger partial charge >= 0.3 is 0 Å². The maximum atomic E-state index is 12.2. The van der Waals surface area contributed by atoms with Gasteiger partial charge in [0, 0.05) is 11.4 Å². The lowest BCUT2D eigenvalue weighted by Gasteiger charge is -2.16. The summed E-state index contributed by atoms with van der Waals surface area (Å²) in [5, 5.41) is 12.5. The topological polar surface area (TPSA) is 49.3 Å². The van der Waals surface area contributed by atoms with Crippen molar-refractivity contribution < 1.29 is 9.90 Å². The average Bonchev–Trinajstić information content (AvgIpc) is 2.48. The Kier molecular flexibility index (Phi) is 5.04. The van der Waals surface area contributed by atoms with E-state index in [0.29, 0.717) is 10.0 Å². The Hall–Kier alpha value is -1.52. The molecule has 0 saturated carbocycles. The predicted octanol–water partition coefficient (Wildman–Crippen LogP) is 3.86. The Labute approximate surface area is 130 Å². The van der Waals surface area contributed by atoms with Crippen LogP contribution in [0.3, 0.4) is 0 Å². The number of aromatic hydroxyl groups is 1. The lowest BCUT2D eigenvalue weighted by atomic mass is 10.1. The Morgan fingerprint density at radius 3 is 2.55 bits per heavy atom. The molecule has 0 aliphatic carbocycles. The zero-order valence-corrected chi connectivity index (χ0v) is 12.9. The van der Waals surface area contributed by atoms with Gasteiger partial charge in [0.25, 0.3) is 5.91 Å². The summed E-state index contributed by atoms with van der Waals surface area (Å²) < 4.78 is 0.547. The smallest absolute Gasteiger partial charge is 0.251 e. The summed E-state index contributed by atoms with van der Waals surface area (Å²) in [5.74, 6) is 0.0280. The molecule has 2 rings (SSSR count). The molecule has 0 aliphatic heterocycles. The third-order valence-electron chi connectivity index (χ3n) is 2.87. The zero-order valence-electron chi connectivity index (χ0n) is 10.5. The van der Waals surface area contributed by atoms with Crippen LogP contribution in [-0.4, -0.2) is 16.9 Å². The molecule has 1 unspecified atom stereocenters. The van der Waals surface area contributed by atoms with Crippen LogP contribution < -0.4 is 5.32 Å². The van der Waals surface area contributed by atoms with Crippen molar-refractivity contribution in [3.63, 3.8) is 0 Å². The number of nitrogens with one attached hydrogen (secondary N) is 1. The number of amides is 1. The molecule has 104 valence electrons. The van der Waals surface area contributed by atoms with E-state index >= 15 is 0 Å². The van der Waals surface area contributed by atoms with Crippen LogP contribution in [0.4, 0.5) is 0 Å². The maximum Gasteiger partial charge on any atom is 0.251 e. The van der Waals surface area contributed by atoms with Crippen LogP contribution in [-0.2, 0) is 0 Å². The molecular weight excluding hydrogens is 342 g/mol. The lowest BCUT2D eigenvalue weighted by molar-refractivity contribution is 0.0940. The third kappa shape index (κ3) is 3.52. The molecule has 0 bridgehead atoms. The predicted molar refractivity (Wildman–Crippen MR) is 83.2 cm³/mol. The second kappa shape index (κ2) is 6.77. The van der Waals surface area contributed by atoms with Crippen LogP contribution in [0.5, 0.6) is 5.75 Å². The van der Waals surface area contributed by atoms with Gasteiger partial charge in [-0.3, -0.25) is 4.79 Å². The average molecular weight is 355 g/mol. The van der Waals surface area contributed by atoms with Crippen LogP contribution in [0.1, 0.15) is 22.0 Å². The van der Waals surface area contributed by atoms with E-state index in [1.165, 1.54) is 6.07 Å². The van der Waals surface area contributed by atoms with Crippen LogP contribution in [0.2, 0.25) is 0 Å². The molecule has 2 aromatic carbocycles. The zero-order chi connectivity index (χ0) is 14.5. The van der Waals surface area contributed by atoms with E-state index in [4.69, 9.17) is 11.6 Å². The van der Waals surface area contributed by atoms with E-state index in [9.17, 15) is 9.90 Å². The van der Waals surface area contributed by atoms with E-state index in [1.54, 1.807) is 12.1 Å². The molecule has 0 aromatic heterocycles. The fourth-order valence-corrected chi connectivity index (χ4v) is 2.29. The van der Waals surface area contributed by atoms with Gasteiger partial charge in [-0.05, 0) is 39.7 Å². The summed E-state index contributed by atoms with van der Waals surface area (Å²) in [6, 6.07) is 13.9. The van der Waals surface area contributed by atoms with E-state index in [0.717, 1.165) is 5.56 Å². The van der Waals surface area contributed by atoms with Crippen LogP contribution in [0.15, 0.2) is 53.0 Å². The fourth-order valence-electron chi connectivity index (χ4n) is 1.79. The van der Waals surface area contributed by atoms with Crippen molar-refractivity contribution in [2.75, 3.05) is 5.88 Å². The summed E-state index contributed by atoms with van der Waals surface area (Å²) in [6.45, 7) is 0. The molecule has 0 saturated heterocycles. The van der Waals surface area contributed by atoms with Crippen molar-refractivity contribution in [1.29, 1.82) is 0 Å². The number of phenols is 1. The molecule has 3 nitrogen and oxygen atoms in total. The number of carbonyl (C=O) groups excluding carboxylic acids is 1. The first-order valence-corrected chi connectivity index (χ1v) is 7.35. The number of carbonyl (C=O) groups is 1. The number of phenolic OH excluding ortho intramolecular Hbond substituents is 1. The molecule has 2 N–H and O–H groups in total. The fraction of sp³-hybridized carbons (Fsp3) is 0.133. The van der Waals surface area contributed by atoms with Gasteiger partial charge in [-0.1, -0.05) is 30.3 Å². The summed E-state index contributed by atoms with van der Waals surface area (Å²) >= 11 is 9.10. The second-order valence-electron chi connectivity index (χ2n) is 4.26. The molecule has 1 amide bonds. The van der Waals surface area contributed by atoms with Crippen molar-refractivity contribution in [3.05, 3.63) is 64.1 Å². The molecular formula is C15H13BrClNO2. The molecule has 0 spiro atoms. The number of rotatable bonds is 4. The Balaban J connectivity index is 2.15. The first-order valence-electron chi connectivity index (χ1n) is 6.02. The molecule has 0 radical (unpaired) electrons. The van der Waals surface area contributed by atoms with Crippen molar-refractivity contribution in [2.24, 2.45) is 0 Å². The Bertz CT molecular complexity index is 604. The molecule has 2 aromatic rings. The molecule has 0 heterocycles. The van der Waals surface area contributed by atoms with Gasteiger partial charge in [-0.15, -0.1) is 11.6 Å². The quantitative estimate of drug-likeness (QED) is 0.819. The van der Waals surface area contributed by atoms with Gasteiger partial charge in [0.15, 0.2) is 0 Å². The Morgan fingerprint density at radius 1 is 1.25 bits per heavy atom. The normalized spacial score (nSPS) is 11.9. The van der Waals surface area contributed by atoms with Gasteiger partial charge in [-0.2, -0.15) is 0 Å². The summed E-state index contributed by atoms with van der Waals surface area (Å²) in [4.78, 5) is 12.2. The Morgan fingerprint density at radius 2 is 1.95 bits per heavy atom. The second-order valence-corrected chi connectivity index (χ2v) is 5.42. The van der Waals surface area contributed by atoms with Crippen LogP contribution in [0.25, 0.3) is 0 Å². The molecule has 0 fully saturated rings. The highest BCUT2D eigenvalue weighted by Crippen LogP contribution is 2.24. The van der Waals surface area contributed by atoms with Gasteiger partial charge in [0.1, 0.15) is 5.75 Å². The largest absolute Gasteiger partial charge is 0.507 e. The van der Waals surface area contributed by atoms with E-state index < -0.39 is 0 Å². The highest BCUT2D eigenvalue weighted by Gasteiger charge is 2.15. The SMILES string of the molecule is O=C(NC(CCl)c1ccccc1)c1ccc(Br)c(O)c1. The molecule has 20 heavy (non-hydrogen) atoms. The van der Waals surface area contributed by atoms with Crippen LogP contribution >= 0.6 is 27.5 Å². The minimum absolute atomic E-state index is 0.0276. The monoisotopic (exact) mass is 353 g/mol. The van der Waals surface area contributed by atoms with Gasteiger partial charge in [0.05, 0.1) is 10.5 Å². The van der Waals surface area contributed by atoms with Gasteiger partial charge in [0.2, 0.25) is 0 Å². The number of hydrogen-bond donors (Lipinski definition) is 2. The number of hydrogen-bond acceptors (Lipinski definition) is 2. The maximum absolute atomic E-state index is 12.2. The molecule has 0 aliphatic rings. The first-order chi connectivity index (χ1) is 9.61. The van der Waals surface area contributed by atoms with Gasteiger partial charge < -0.3 is 10.4 Å². The van der Waals surface area contributed by atoms with E-state index in [-0.39, 0.29) is 23.6 Å². The lowest BCUT2D eigenvalue weighted by Crippen LogP contribution is -2.29. The van der Waals surface area contributed by atoms with Crippen molar-refractivity contribution in [1.82, 2.24) is 5.32 Å². The van der Waals surface area contributed by atoms with E-state index in [2.05, 4.69) is 21.2 Å². The summed E-state index contributed by atoms with van der Waals surface area (Å²) in [7, 11) is 0. The van der Waals surface area contributed by atoms with Crippen molar-refractivity contribution >= 4 is 33.4 Å². The number of alkyl halides is 1. The van der Waals surface area contributed by atoms with Crippen LogP contribution in [0, 0.1) is 0 Å². The summed E-state index contributed by atoms with van der Waals surface area (Å²) in [6.07, 6.45) is 0. The van der Waals surface area contributed by atoms with Crippen molar-refractivity contribution in [2.45, 2.75) is 6.04 Å². The first kappa shape index (κ1) is 14.9.